The van der Waals surface area contributed by atoms with Crippen molar-refractivity contribution in [2.45, 2.75) is 19.0 Å². The zero-order valence-corrected chi connectivity index (χ0v) is 10.3. The Morgan fingerprint density at radius 1 is 1.29 bits per heavy atom. The molecule has 1 aromatic rings. The Hall–Kier alpha value is -1.26. The second kappa shape index (κ2) is 4.20. The van der Waals surface area contributed by atoms with Gasteiger partial charge in [0, 0.05) is 25.2 Å². The molecule has 4 heteroatoms. The average Bonchev–Trinajstić information content (AvgIpc) is 2.79. The normalized spacial score (nSPS) is 28.4. The number of fused-ring (bicyclic) bond motifs is 1. The molecule has 0 bridgehead atoms. The molecule has 2 aliphatic heterocycles. The van der Waals surface area contributed by atoms with Gasteiger partial charge in [0.2, 0.25) is 6.79 Å². The van der Waals surface area contributed by atoms with Crippen LogP contribution in [0.2, 0.25) is 0 Å². The van der Waals surface area contributed by atoms with Gasteiger partial charge in [-0.05, 0) is 31.7 Å². The molecule has 0 amide bonds. The van der Waals surface area contributed by atoms with Crippen LogP contribution in [0, 0.1) is 0 Å². The van der Waals surface area contributed by atoms with E-state index in [0.717, 1.165) is 24.6 Å². The maximum absolute atomic E-state index is 5.43. The van der Waals surface area contributed by atoms with E-state index in [0.29, 0.717) is 18.9 Å². The van der Waals surface area contributed by atoms with Gasteiger partial charge in [0.05, 0.1) is 0 Å². The lowest BCUT2D eigenvalue weighted by molar-refractivity contribution is 0.164. The SMILES string of the molecule is CC1C(c2ccc3c(c2)OCO3)NCCN1C. The van der Waals surface area contributed by atoms with E-state index in [9.17, 15) is 0 Å². The maximum atomic E-state index is 5.43. The smallest absolute Gasteiger partial charge is 0.231 e. The third-order valence-corrected chi connectivity index (χ3v) is 3.76. The number of benzene rings is 1. The van der Waals surface area contributed by atoms with Crippen molar-refractivity contribution in [3.05, 3.63) is 23.8 Å². The molecule has 4 nitrogen and oxygen atoms in total. The van der Waals surface area contributed by atoms with Crippen LogP contribution in [-0.2, 0) is 0 Å². The second-order valence-electron chi connectivity index (χ2n) is 4.77. The first-order chi connectivity index (χ1) is 8.25. The molecule has 1 N–H and O–H groups in total. The van der Waals surface area contributed by atoms with Gasteiger partial charge in [0.1, 0.15) is 0 Å². The fourth-order valence-corrected chi connectivity index (χ4v) is 2.53. The van der Waals surface area contributed by atoms with Crippen LogP contribution in [0.15, 0.2) is 18.2 Å². The Morgan fingerprint density at radius 2 is 2.12 bits per heavy atom. The molecule has 1 saturated heterocycles. The third-order valence-electron chi connectivity index (χ3n) is 3.76. The van der Waals surface area contributed by atoms with Crippen molar-refractivity contribution in [1.82, 2.24) is 10.2 Å². The summed E-state index contributed by atoms with van der Waals surface area (Å²) in [6.07, 6.45) is 0. The molecule has 3 rings (SSSR count). The summed E-state index contributed by atoms with van der Waals surface area (Å²) in [5, 5.41) is 3.57. The quantitative estimate of drug-likeness (QED) is 0.796. The number of rotatable bonds is 1. The number of hydrogen-bond acceptors (Lipinski definition) is 4. The summed E-state index contributed by atoms with van der Waals surface area (Å²) in [7, 11) is 2.17. The van der Waals surface area contributed by atoms with Gasteiger partial charge in [-0.2, -0.15) is 0 Å². The molecule has 0 radical (unpaired) electrons. The highest BCUT2D eigenvalue weighted by atomic mass is 16.7. The van der Waals surface area contributed by atoms with E-state index in [1.54, 1.807) is 0 Å². The minimum atomic E-state index is 0.340. The van der Waals surface area contributed by atoms with E-state index in [4.69, 9.17) is 9.47 Å². The average molecular weight is 234 g/mol. The van der Waals surface area contributed by atoms with Crippen LogP contribution in [0.4, 0.5) is 0 Å². The predicted molar refractivity (Wildman–Crippen MR) is 65.4 cm³/mol. The number of nitrogens with one attached hydrogen (secondary N) is 1. The molecular weight excluding hydrogens is 216 g/mol. The van der Waals surface area contributed by atoms with Crippen LogP contribution in [0.5, 0.6) is 11.5 Å². The molecule has 2 heterocycles. The molecule has 2 aliphatic rings. The Labute approximate surface area is 102 Å². The molecule has 2 atom stereocenters. The number of nitrogens with zero attached hydrogens (tertiary/aromatic N) is 1. The van der Waals surface area contributed by atoms with Gasteiger partial charge < -0.3 is 19.7 Å². The molecule has 1 fully saturated rings. The van der Waals surface area contributed by atoms with Crippen molar-refractivity contribution in [1.29, 1.82) is 0 Å². The molecular formula is C13H18N2O2. The summed E-state index contributed by atoms with van der Waals surface area (Å²) in [6.45, 7) is 4.72. The minimum Gasteiger partial charge on any atom is -0.454 e. The van der Waals surface area contributed by atoms with Gasteiger partial charge in [-0.25, -0.2) is 0 Å². The monoisotopic (exact) mass is 234 g/mol. The first kappa shape index (κ1) is 10.9. The van der Waals surface area contributed by atoms with E-state index in [-0.39, 0.29) is 0 Å². The summed E-state index contributed by atoms with van der Waals surface area (Å²) in [4.78, 5) is 2.38. The van der Waals surface area contributed by atoms with Crippen molar-refractivity contribution < 1.29 is 9.47 Å². The van der Waals surface area contributed by atoms with Gasteiger partial charge in [0.15, 0.2) is 11.5 Å². The number of ether oxygens (including phenoxy) is 2. The van der Waals surface area contributed by atoms with E-state index >= 15 is 0 Å². The topological polar surface area (TPSA) is 33.7 Å². The van der Waals surface area contributed by atoms with E-state index in [2.05, 4.69) is 36.3 Å². The van der Waals surface area contributed by atoms with Gasteiger partial charge in [-0.1, -0.05) is 6.07 Å². The summed E-state index contributed by atoms with van der Waals surface area (Å²) >= 11 is 0. The lowest BCUT2D eigenvalue weighted by Crippen LogP contribution is -2.49. The summed E-state index contributed by atoms with van der Waals surface area (Å²) in [5.41, 5.74) is 1.27. The van der Waals surface area contributed by atoms with Crippen LogP contribution in [0.3, 0.4) is 0 Å². The Kier molecular flexibility index (Phi) is 2.68. The molecule has 0 spiro atoms. The molecule has 0 aliphatic carbocycles. The van der Waals surface area contributed by atoms with Gasteiger partial charge >= 0.3 is 0 Å². The Morgan fingerprint density at radius 3 is 3.00 bits per heavy atom. The van der Waals surface area contributed by atoms with E-state index < -0.39 is 0 Å². The lowest BCUT2D eigenvalue weighted by Gasteiger charge is -2.38. The largest absolute Gasteiger partial charge is 0.454 e. The van der Waals surface area contributed by atoms with Gasteiger partial charge in [-0.3, -0.25) is 0 Å². The van der Waals surface area contributed by atoms with Crippen LogP contribution in [-0.4, -0.2) is 37.9 Å². The Bertz CT molecular complexity index is 422. The third kappa shape index (κ3) is 1.87. The van der Waals surface area contributed by atoms with Gasteiger partial charge in [-0.15, -0.1) is 0 Å². The predicted octanol–water partition coefficient (Wildman–Crippen LogP) is 1.38. The van der Waals surface area contributed by atoms with Crippen molar-refractivity contribution in [3.8, 4) is 11.5 Å². The highest BCUT2D eigenvalue weighted by molar-refractivity contribution is 5.45. The Balaban J connectivity index is 1.88. The fraction of sp³-hybridized carbons (Fsp3) is 0.538. The molecule has 0 saturated carbocycles. The summed E-state index contributed by atoms with van der Waals surface area (Å²) in [5.74, 6) is 1.72. The number of hydrogen-bond donors (Lipinski definition) is 1. The standard InChI is InChI=1S/C13H18N2O2/c1-9-13(14-5-6-15(9)2)10-3-4-11-12(7-10)17-8-16-11/h3-4,7,9,13-14H,5-6,8H2,1-2H3. The molecule has 1 aromatic carbocycles. The molecule has 17 heavy (non-hydrogen) atoms. The van der Waals surface area contributed by atoms with E-state index in [1.807, 2.05) is 6.07 Å². The van der Waals surface area contributed by atoms with Crippen LogP contribution in [0.25, 0.3) is 0 Å². The maximum Gasteiger partial charge on any atom is 0.231 e. The first-order valence-corrected chi connectivity index (χ1v) is 6.09. The zero-order chi connectivity index (χ0) is 11.8. The van der Waals surface area contributed by atoms with Crippen LogP contribution in [0.1, 0.15) is 18.5 Å². The number of piperazine rings is 1. The second-order valence-corrected chi connectivity index (χ2v) is 4.77. The molecule has 92 valence electrons. The first-order valence-electron chi connectivity index (χ1n) is 6.09. The lowest BCUT2D eigenvalue weighted by atomic mass is 9.97. The highest BCUT2D eigenvalue weighted by Crippen LogP contribution is 2.35. The molecule has 0 aromatic heterocycles. The van der Waals surface area contributed by atoms with E-state index in [1.165, 1.54) is 5.56 Å². The van der Waals surface area contributed by atoms with Crippen molar-refractivity contribution in [3.63, 3.8) is 0 Å². The van der Waals surface area contributed by atoms with Crippen molar-refractivity contribution >= 4 is 0 Å². The summed E-state index contributed by atoms with van der Waals surface area (Å²) in [6, 6.07) is 7.07. The number of likely N-dealkylation sites (N-methyl/N-ethyl adjacent to an activating group) is 1. The highest BCUT2D eigenvalue weighted by Gasteiger charge is 2.27. The zero-order valence-electron chi connectivity index (χ0n) is 10.3. The fourth-order valence-electron chi connectivity index (χ4n) is 2.53. The minimum absolute atomic E-state index is 0.340. The van der Waals surface area contributed by atoms with Crippen molar-refractivity contribution in [2.24, 2.45) is 0 Å². The van der Waals surface area contributed by atoms with Crippen LogP contribution >= 0.6 is 0 Å². The van der Waals surface area contributed by atoms with Gasteiger partial charge in [0.25, 0.3) is 0 Å². The van der Waals surface area contributed by atoms with Crippen LogP contribution < -0.4 is 14.8 Å². The van der Waals surface area contributed by atoms with Crippen molar-refractivity contribution in [2.75, 3.05) is 26.9 Å². The summed E-state index contributed by atoms with van der Waals surface area (Å²) < 4.78 is 10.8. The molecule has 2 unspecified atom stereocenters.